The van der Waals surface area contributed by atoms with E-state index in [0.29, 0.717) is 59.9 Å². The van der Waals surface area contributed by atoms with Crippen LogP contribution in [-0.2, 0) is 6.54 Å². The van der Waals surface area contributed by atoms with Gasteiger partial charge in [0.1, 0.15) is 0 Å². The molecule has 0 N–H and O–H groups in total. The zero-order chi connectivity index (χ0) is 20.1. The Hall–Kier alpha value is -2.60. The van der Waals surface area contributed by atoms with Crippen LogP contribution in [0.3, 0.4) is 0 Å². The second kappa shape index (κ2) is 9.06. The molecule has 0 radical (unpaired) electrons. The van der Waals surface area contributed by atoms with E-state index >= 15 is 0 Å². The number of rotatable bonds is 6. The van der Waals surface area contributed by atoms with Gasteiger partial charge in [-0.05, 0) is 36.8 Å². The quantitative estimate of drug-likeness (QED) is 0.721. The first-order chi connectivity index (χ1) is 13.6. The van der Waals surface area contributed by atoms with Crippen LogP contribution >= 0.6 is 11.6 Å². The largest absolute Gasteiger partial charge is 0.493 e. The van der Waals surface area contributed by atoms with Crippen LogP contribution in [0.25, 0.3) is 0 Å². The predicted octanol–water partition coefficient (Wildman–Crippen LogP) is 4.18. The fourth-order valence-electron chi connectivity index (χ4n) is 3.06. The van der Waals surface area contributed by atoms with Crippen molar-refractivity contribution in [3.63, 3.8) is 0 Å². The first kappa shape index (κ1) is 20.1. The summed E-state index contributed by atoms with van der Waals surface area (Å²) < 4.78 is 22.0. The van der Waals surface area contributed by atoms with E-state index < -0.39 is 0 Å². The summed E-state index contributed by atoms with van der Waals surface area (Å²) in [5.74, 6) is 2.15. The molecular weight excluding hydrogens is 382 g/mol. The third-order valence-electron chi connectivity index (χ3n) is 4.54. The number of methoxy groups -OCH3 is 2. The van der Waals surface area contributed by atoms with Gasteiger partial charge in [-0.3, -0.25) is 4.79 Å². The SMILES string of the molecule is CCN(Cc1ccc(OC)c(OC)c1)C(=O)c1cc(Cl)c2c(c1)OCCCO2. The van der Waals surface area contributed by atoms with Gasteiger partial charge in [-0.2, -0.15) is 0 Å². The number of amides is 1. The molecule has 1 amide bonds. The third-order valence-corrected chi connectivity index (χ3v) is 4.82. The summed E-state index contributed by atoms with van der Waals surface area (Å²) in [5.41, 5.74) is 1.41. The van der Waals surface area contributed by atoms with Crippen LogP contribution in [0.1, 0.15) is 29.3 Å². The van der Waals surface area contributed by atoms with Crippen molar-refractivity contribution in [3.8, 4) is 23.0 Å². The number of benzene rings is 2. The highest BCUT2D eigenvalue weighted by Crippen LogP contribution is 2.38. The lowest BCUT2D eigenvalue weighted by Crippen LogP contribution is -2.30. The van der Waals surface area contributed by atoms with Gasteiger partial charge in [0.2, 0.25) is 0 Å². The summed E-state index contributed by atoms with van der Waals surface area (Å²) in [6.07, 6.45) is 0.772. The second-order valence-electron chi connectivity index (χ2n) is 6.34. The van der Waals surface area contributed by atoms with Crippen LogP contribution in [0, 0.1) is 0 Å². The molecule has 2 aromatic rings. The molecule has 0 spiro atoms. The number of fused-ring (bicyclic) bond motifs is 1. The zero-order valence-electron chi connectivity index (χ0n) is 16.3. The minimum Gasteiger partial charge on any atom is -0.493 e. The van der Waals surface area contributed by atoms with E-state index in [9.17, 15) is 4.79 Å². The van der Waals surface area contributed by atoms with Crippen molar-refractivity contribution in [3.05, 3.63) is 46.5 Å². The van der Waals surface area contributed by atoms with E-state index in [4.69, 9.17) is 30.5 Å². The Morgan fingerprint density at radius 3 is 2.57 bits per heavy atom. The fraction of sp³-hybridized carbons (Fsp3) is 0.381. The number of ether oxygens (including phenoxy) is 4. The first-order valence-corrected chi connectivity index (χ1v) is 9.54. The van der Waals surface area contributed by atoms with Crippen molar-refractivity contribution in [1.29, 1.82) is 0 Å². The van der Waals surface area contributed by atoms with Crippen molar-refractivity contribution in [2.75, 3.05) is 34.0 Å². The fourth-order valence-corrected chi connectivity index (χ4v) is 3.33. The van der Waals surface area contributed by atoms with Crippen molar-refractivity contribution in [1.82, 2.24) is 4.90 Å². The highest BCUT2D eigenvalue weighted by molar-refractivity contribution is 6.32. The number of carbonyl (C=O) groups excluding carboxylic acids is 1. The molecule has 0 saturated carbocycles. The summed E-state index contributed by atoms with van der Waals surface area (Å²) in [5, 5.41) is 0.380. The topological polar surface area (TPSA) is 57.2 Å². The van der Waals surface area contributed by atoms with Crippen molar-refractivity contribution in [2.45, 2.75) is 19.9 Å². The molecule has 2 aromatic carbocycles. The summed E-state index contributed by atoms with van der Waals surface area (Å²) in [6.45, 7) is 3.98. The van der Waals surface area contributed by atoms with Gasteiger partial charge in [0.05, 0.1) is 32.5 Å². The van der Waals surface area contributed by atoms with Crippen molar-refractivity contribution in [2.24, 2.45) is 0 Å². The Balaban J connectivity index is 1.84. The molecule has 1 aliphatic rings. The minimum absolute atomic E-state index is 0.130. The van der Waals surface area contributed by atoms with Gasteiger partial charge in [-0.1, -0.05) is 17.7 Å². The predicted molar refractivity (Wildman–Crippen MR) is 107 cm³/mol. The molecule has 1 heterocycles. The summed E-state index contributed by atoms with van der Waals surface area (Å²) in [7, 11) is 3.18. The van der Waals surface area contributed by atoms with Gasteiger partial charge in [-0.25, -0.2) is 0 Å². The highest BCUT2D eigenvalue weighted by atomic mass is 35.5. The molecule has 0 unspecified atom stereocenters. The van der Waals surface area contributed by atoms with Gasteiger partial charge in [-0.15, -0.1) is 0 Å². The first-order valence-electron chi connectivity index (χ1n) is 9.16. The van der Waals surface area contributed by atoms with E-state index in [-0.39, 0.29) is 5.91 Å². The van der Waals surface area contributed by atoms with E-state index in [0.717, 1.165) is 12.0 Å². The van der Waals surface area contributed by atoms with Gasteiger partial charge in [0, 0.05) is 25.1 Å². The lowest BCUT2D eigenvalue weighted by molar-refractivity contribution is 0.0752. The summed E-state index contributed by atoms with van der Waals surface area (Å²) >= 11 is 6.34. The number of hydrogen-bond acceptors (Lipinski definition) is 5. The maximum absolute atomic E-state index is 13.1. The standard InChI is InChI=1S/C21H24ClNO5/c1-4-23(13-14-6-7-17(25-2)18(10-14)26-3)21(24)15-11-16(22)20-19(12-15)27-8-5-9-28-20/h6-7,10-12H,4-5,8-9,13H2,1-3H3. The van der Waals surface area contributed by atoms with Gasteiger partial charge < -0.3 is 23.8 Å². The van der Waals surface area contributed by atoms with Crippen LogP contribution in [0.4, 0.5) is 0 Å². The maximum atomic E-state index is 13.1. The molecule has 1 aliphatic heterocycles. The maximum Gasteiger partial charge on any atom is 0.254 e. The molecule has 7 heteroatoms. The normalized spacial score (nSPS) is 12.9. The van der Waals surface area contributed by atoms with Gasteiger partial charge >= 0.3 is 0 Å². The van der Waals surface area contributed by atoms with E-state index in [2.05, 4.69) is 0 Å². The molecule has 150 valence electrons. The Labute approximate surface area is 169 Å². The molecule has 0 bridgehead atoms. The molecule has 6 nitrogen and oxygen atoms in total. The molecule has 28 heavy (non-hydrogen) atoms. The lowest BCUT2D eigenvalue weighted by atomic mass is 10.1. The number of carbonyl (C=O) groups is 1. The average Bonchev–Trinajstić information content (AvgIpc) is 2.97. The lowest BCUT2D eigenvalue weighted by Gasteiger charge is -2.22. The van der Waals surface area contributed by atoms with Crippen LogP contribution in [0.15, 0.2) is 30.3 Å². The van der Waals surface area contributed by atoms with Crippen LogP contribution in [0.5, 0.6) is 23.0 Å². The van der Waals surface area contributed by atoms with Crippen LogP contribution in [-0.4, -0.2) is 44.8 Å². The number of halogens is 1. The van der Waals surface area contributed by atoms with E-state index in [1.807, 2.05) is 25.1 Å². The smallest absolute Gasteiger partial charge is 0.254 e. The third kappa shape index (κ3) is 4.28. The Kier molecular flexibility index (Phi) is 6.52. The Morgan fingerprint density at radius 2 is 1.86 bits per heavy atom. The molecule has 0 atom stereocenters. The van der Waals surface area contributed by atoms with E-state index in [1.54, 1.807) is 31.3 Å². The second-order valence-corrected chi connectivity index (χ2v) is 6.75. The van der Waals surface area contributed by atoms with Crippen molar-refractivity contribution >= 4 is 17.5 Å². The highest BCUT2D eigenvalue weighted by Gasteiger charge is 2.21. The summed E-state index contributed by atoms with van der Waals surface area (Å²) in [6, 6.07) is 8.95. The van der Waals surface area contributed by atoms with Crippen molar-refractivity contribution < 1.29 is 23.7 Å². The van der Waals surface area contributed by atoms with Crippen LogP contribution < -0.4 is 18.9 Å². The Bertz CT molecular complexity index is 855. The number of hydrogen-bond donors (Lipinski definition) is 0. The average molecular weight is 406 g/mol. The molecule has 0 fully saturated rings. The van der Waals surface area contributed by atoms with Gasteiger partial charge in [0.25, 0.3) is 5.91 Å². The minimum atomic E-state index is -0.130. The van der Waals surface area contributed by atoms with Crippen LogP contribution in [0.2, 0.25) is 5.02 Å². The monoisotopic (exact) mass is 405 g/mol. The zero-order valence-corrected chi connectivity index (χ0v) is 17.0. The molecule has 0 aliphatic carbocycles. The van der Waals surface area contributed by atoms with E-state index in [1.165, 1.54) is 0 Å². The van der Waals surface area contributed by atoms with Gasteiger partial charge in [0.15, 0.2) is 23.0 Å². The molecule has 3 rings (SSSR count). The molecular formula is C21H24ClNO5. The Morgan fingerprint density at radius 1 is 1.11 bits per heavy atom. The molecule has 0 saturated heterocycles. The molecule has 0 aromatic heterocycles. The number of nitrogens with zero attached hydrogens (tertiary/aromatic N) is 1. The summed E-state index contributed by atoms with van der Waals surface area (Å²) in [4.78, 5) is 14.8.